The molecule has 1 N–H and O–H groups in total. The van der Waals surface area contributed by atoms with E-state index >= 15 is 0 Å². The van der Waals surface area contributed by atoms with Crippen LogP contribution in [0, 0.1) is 0 Å². The highest BCUT2D eigenvalue weighted by Crippen LogP contribution is 2.27. The second kappa shape index (κ2) is 5.05. The summed E-state index contributed by atoms with van der Waals surface area (Å²) in [6.45, 7) is 2.97. The molecule has 2 unspecified atom stereocenters. The zero-order valence-corrected chi connectivity index (χ0v) is 11.3. The van der Waals surface area contributed by atoms with Crippen LogP contribution in [0.1, 0.15) is 24.4 Å². The van der Waals surface area contributed by atoms with Crippen LogP contribution in [-0.2, 0) is 13.5 Å². The van der Waals surface area contributed by atoms with Crippen LogP contribution < -0.4 is 10.1 Å². The van der Waals surface area contributed by atoms with Gasteiger partial charge >= 0.3 is 0 Å². The molecule has 1 aliphatic heterocycles. The maximum Gasteiger partial charge on any atom is 0.125 e. The molecule has 1 aromatic heterocycles. The lowest BCUT2D eigenvalue weighted by atomic mass is 10.1. The molecular formula is C15H19N3O. The quantitative estimate of drug-likeness (QED) is 0.911. The molecule has 4 nitrogen and oxygen atoms in total. The Morgan fingerprint density at radius 3 is 3.05 bits per heavy atom. The van der Waals surface area contributed by atoms with E-state index in [1.54, 1.807) is 0 Å². The van der Waals surface area contributed by atoms with Gasteiger partial charge in [0, 0.05) is 32.4 Å². The third-order valence-electron chi connectivity index (χ3n) is 3.61. The Morgan fingerprint density at radius 1 is 1.47 bits per heavy atom. The van der Waals surface area contributed by atoms with Crippen LogP contribution in [0.5, 0.6) is 5.75 Å². The molecule has 2 aromatic rings. The van der Waals surface area contributed by atoms with Crippen LogP contribution in [0.3, 0.4) is 0 Å². The van der Waals surface area contributed by atoms with Gasteiger partial charge in [-0.2, -0.15) is 0 Å². The lowest BCUT2D eigenvalue weighted by Crippen LogP contribution is -2.32. The van der Waals surface area contributed by atoms with Gasteiger partial charge in [-0.05, 0) is 18.6 Å². The van der Waals surface area contributed by atoms with Crippen LogP contribution >= 0.6 is 0 Å². The lowest BCUT2D eigenvalue weighted by Gasteiger charge is -2.17. The molecule has 1 aliphatic rings. The molecule has 0 saturated carbocycles. The zero-order chi connectivity index (χ0) is 13.2. The minimum atomic E-state index is 0.222. The molecule has 0 amide bonds. The molecule has 0 spiro atoms. The molecule has 19 heavy (non-hydrogen) atoms. The van der Waals surface area contributed by atoms with E-state index in [9.17, 15) is 0 Å². The van der Waals surface area contributed by atoms with E-state index in [0.717, 1.165) is 24.5 Å². The van der Waals surface area contributed by atoms with Crippen LogP contribution in [0.4, 0.5) is 0 Å². The van der Waals surface area contributed by atoms with Gasteiger partial charge in [-0.25, -0.2) is 4.98 Å². The SMILES string of the molecule is CC(NCC1Cc2ccccc2O1)c1nccn1C. The number of imidazole rings is 1. The van der Waals surface area contributed by atoms with Gasteiger partial charge in [0.15, 0.2) is 0 Å². The van der Waals surface area contributed by atoms with Crippen molar-refractivity contribution in [1.29, 1.82) is 0 Å². The first-order valence-electron chi connectivity index (χ1n) is 6.69. The van der Waals surface area contributed by atoms with E-state index in [2.05, 4.69) is 29.4 Å². The first-order chi connectivity index (χ1) is 9.24. The van der Waals surface area contributed by atoms with Crippen molar-refractivity contribution in [2.75, 3.05) is 6.54 Å². The third-order valence-corrected chi connectivity index (χ3v) is 3.61. The maximum absolute atomic E-state index is 5.92. The molecule has 2 atom stereocenters. The van der Waals surface area contributed by atoms with Crippen molar-refractivity contribution in [3.05, 3.63) is 48.0 Å². The molecule has 3 rings (SSSR count). The Balaban J connectivity index is 1.56. The predicted molar refractivity (Wildman–Crippen MR) is 74.2 cm³/mol. The summed E-state index contributed by atoms with van der Waals surface area (Å²) in [6.07, 6.45) is 5.00. The van der Waals surface area contributed by atoms with E-state index in [-0.39, 0.29) is 12.1 Å². The van der Waals surface area contributed by atoms with Gasteiger partial charge in [0.25, 0.3) is 0 Å². The first kappa shape index (κ1) is 12.2. The summed E-state index contributed by atoms with van der Waals surface area (Å²) in [7, 11) is 2.02. The minimum Gasteiger partial charge on any atom is -0.488 e. The summed E-state index contributed by atoms with van der Waals surface area (Å²) < 4.78 is 7.96. The number of benzene rings is 1. The highest BCUT2D eigenvalue weighted by Gasteiger charge is 2.23. The van der Waals surface area contributed by atoms with Crippen molar-refractivity contribution in [2.24, 2.45) is 7.05 Å². The molecule has 0 fully saturated rings. The number of rotatable bonds is 4. The van der Waals surface area contributed by atoms with E-state index in [1.165, 1.54) is 5.56 Å². The van der Waals surface area contributed by atoms with Gasteiger partial charge in [-0.15, -0.1) is 0 Å². The molecular weight excluding hydrogens is 238 g/mol. The molecule has 0 bridgehead atoms. The summed E-state index contributed by atoms with van der Waals surface area (Å²) in [5, 5.41) is 3.49. The smallest absolute Gasteiger partial charge is 0.125 e. The normalized spacial score (nSPS) is 18.9. The number of hydrogen-bond donors (Lipinski definition) is 1. The van der Waals surface area contributed by atoms with Crippen molar-refractivity contribution in [3.8, 4) is 5.75 Å². The second-order valence-electron chi connectivity index (χ2n) is 5.08. The lowest BCUT2D eigenvalue weighted by molar-refractivity contribution is 0.221. The fraction of sp³-hybridized carbons (Fsp3) is 0.400. The molecule has 0 radical (unpaired) electrons. The Kier molecular flexibility index (Phi) is 3.25. The standard InChI is InChI=1S/C15H19N3O/c1-11(15-16-7-8-18(15)2)17-10-13-9-12-5-3-4-6-14(12)19-13/h3-8,11,13,17H,9-10H2,1-2H3. The minimum absolute atomic E-state index is 0.222. The topological polar surface area (TPSA) is 39.1 Å². The third kappa shape index (κ3) is 2.49. The van der Waals surface area contributed by atoms with E-state index in [4.69, 9.17) is 4.74 Å². The van der Waals surface area contributed by atoms with Crippen molar-refractivity contribution in [1.82, 2.24) is 14.9 Å². The number of nitrogens with one attached hydrogen (secondary N) is 1. The van der Waals surface area contributed by atoms with Crippen LogP contribution in [0.2, 0.25) is 0 Å². The van der Waals surface area contributed by atoms with Gasteiger partial charge in [0.1, 0.15) is 17.7 Å². The molecule has 1 aromatic carbocycles. The number of ether oxygens (including phenoxy) is 1. The average Bonchev–Trinajstić information content (AvgIpc) is 3.01. The highest BCUT2D eigenvalue weighted by molar-refractivity contribution is 5.37. The van der Waals surface area contributed by atoms with Gasteiger partial charge in [-0.3, -0.25) is 0 Å². The molecule has 0 aliphatic carbocycles. The van der Waals surface area contributed by atoms with Gasteiger partial charge in [0.2, 0.25) is 0 Å². The monoisotopic (exact) mass is 257 g/mol. The largest absolute Gasteiger partial charge is 0.488 e. The van der Waals surface area contributed by atoms with Crippen molar-refractivity contribution in [2.45, 2.75) is 25.5 Å². The van der Waals surface area contributed by atoms with E-state index in [0.29, 0.717) is 0 Å². The number of para-hydroxylation sites is 1. The average molecular weight is 257 g/mol. The van der Waals surface area contributed by atoms with E-state index < -0.39 is 0 Å². The molecule has 100 valence electrons. The van der Waals surface area contributed by atoms with Crippen LogP contribution in [-0.4, -0.2) is 22.2 Å². The first-order valence-corrected chi connectivity index (χ1v) is 6.69. The second-order valence-corrected chi connectivity index (χ2v) is 5.08. The van der Waals surface area contributed by atoms with Crippen LogP contribution in [0.15, 0.2) is 36.7 Å². The van der Waals surface area contributed by atoms with Crippen LogP contribution in [0.25, 0.3) is 0 Å². The van der Waals surface area contributed by atoms with Gasteiger partial charge in [-0.1, -0.05) is 18.2 Å². The summed E-state index contributed by atoms with van der Waals surface area (Å²) >= 11 is 0. The summed E-state index contributed by atoms with van der Waals surface area (Å²) in [5.41, 5.74) is 1.30. The summed E-state index contributed by atoms with van der Waals surface area (Å²) in [6, 6.07) is 8.49. The molecule has 0 saturated heterocycles. The Bertz CT molecular complexity index is 539. The zero-order valence-electron chi connectivity index (χ0n) is 11.3. The summed E-state index contributed by atoms with van der Waals surface area (Å²) in [4.78, 5) is 4.36. The van der Waals surface area contributed by atoms with Gasteiger partial charge in [0.05, 0.1) is 6.04 Å². The van der Waals surface area contributed by atoms with E-state index in [1.807, 2.05) is 36.1 Å². The number of aromatic nitrogens is 2. The predicted octanol–water partition coefficient (Wildman–Crippen LogP) is 2.07. The number of fused-ring (bicyclic) bond motifs is 1. The fourth-order valence-electron chi connectivity index (χ4n) is 2.56. The Hall–Kier alpha value is -1.81. The number of nitrogens with zero attached hydrogens (tertiary/aromatic N) is 2. The number of hydrogen-bond acceptors (Lipinski definition) is 3. The van der Waals surface area contributed by atoms with Gasteiger partial charge < -0.3 is 14.6 Å². The Labute approximate surface area is 113 Å². The summed E-state index contributed by atoms with van der Waals surface area (Å²) in [5.74, 6) is 2.08. The van der Waals surface area contributed by atoms with Crippen molar-refractivity contribution in [3.63, 3.8) is 0 Å². The fourth-order valence-corrected chi connectivity index (χ4v) is 2.56. The number of aryl methyl sites for hydroxylation is 1. The highest BCUT2D eigenvalue weighted by atomic mass is 16.5. The van der Waals surface area contributed by atoms with Crippen molar-refractivity contribution < 1.29 is 4.74 Å². The molecule has 2 heterocycles. The molecule has 4 heteroatoms. The Morgan fingerprint density at radius 2 is 2.32 bits per heavy atom. The maximum atomic E-state index is 5.92. The van der Waals surface area contributed by atoms with Crippen molar-refractivity contribution >= 4 is 0 Å².